The molecule has 0 aliphatic heterocycles. The summed E-state index contributed by atoms with van der Waals surface area (Å²) < 4.78 is 0. The van der Waals surface area contributed by atoms with Crippen LogP contribution in [0.2, 0.25) is 0 Å². The van der Waals surface area contributed by atoms with Crippen LogP contribution in [-0.2, 0) is 6.54 Å². The molecule has 1 heterocycles. The molecule has 2 aromatic rings. The first-order valence-electron chi connectivity index (χ1n) is 7.58. The van der Waals surface area contributed by atoms with E-state index in [1.165, 1.54) is 6.33 Å². The molecule has 0 spiro atoms. The highest BCUT2D eigenvalue weighted by molar-refractivity contribution is 5.69. The van der Waals surface area contributed by atoms with Crippen molar-refractivity contribution in [3.63, 3.8) is 0 Å². The minimum absolute atomic E-state index is 0.122. The number of benzene rings is 1. The molecule has 0 bridgehead atoms. The topological polar surface area (TPSA) is 105 Å². The molecule has 0 unspecified atom stereocenters. The van der Waals surface area contributed by atoms with Crippen LogP contribution in [0.25, 0.3) is 0 Å². The van der Waals surface area contributed by atoms with Gasteiger partial charge in [-0.15, -0.1) is 0 Å². The molecular formula is C16H22N6O2. The predicted molar refractivity (Wildman–Crippen MR) is 93.7 cm³/mol. The lowest BCUT2D eigenvalue weighted by Gasteiger charge is -2.21. The van der Waals surface area contributed by atoms with Crippen molar-refractivity contribution in [2.45, 2.75) is 39.8 Å². The Labute approximate surface area is 140 Å². The molecule has 8 nitrogen and oxygen atoms in total. The highest BCUT2D eigenvalue weighted by Crippen LogP contribution is 2.28. The van der Waals surface area contributed by atoms with Crippen LogP contribution in [0.5, 0.6) is 0 Å². The summed E-state index contributed by atoms with van der Waals surface area (Å²) in [5, 5.41) is 14.4. The third-order valence-electron chi connectivity index (χ3n) is 3.14. The molecule has 2 rings (SSSR count). The van der Waals surface area contributed by atoms with E-state index >= 15 is 0 Å². The average Bonchev–Trinajstić information content (AvgIpc) is 2.51. The monoisotopic (exact) mass is 330 g/mol. The summed E-state index contributed by atoms with van der Waals surface area (Å²) in [5.41, 5.74) is 7.47. The van der Waals surface area contributed by atoms with Gasteiger partial charge in [-0.25, -0.2) is 15.4 Å². The van der Waals surface area contributed by atoms with E-state index in [0.717, 1.165) is 11.1 Å². The molecule has 0 aliphatic rings. The number of aryl methyl sites for hydroxylation is 1. The van der Waals surface area contributed by atoms with Crippen molar-refractivity contribution in [2.75, 3.05) is 10.7 Å². The van der Waals surface area contributed by atoms with E-state index in [2.05, 4.69) is 26.1 Å². The Hall–Kier alpha value is -2.74. The highest BCUT2D eigenvalue weighted by atomic mass is 16.6. The maximum absolute atomic E-state index is 11.4. The maximum atomic E-state index is 11.4. The van der Waals surface area contributed by atoms with Crippen LogP contribution in [0.1, 0.15) is 31.9 Å². The smallest absolute Gasteiger partial charge is 0.354 e. The second-order valence-corrected chi connectivity index (χ2v) is 6.52. The molecule has 0 atom stereocenters. The number of rotatable bonds is 6. The molecule has 8 heteroatoms. The molecule has 0 saturated heterocycles. The second kappa shape index (κ2) is 7.22. The van der Waals surface area contributed by atoms with Gasteiger partial charge in [0.1, 0.15) is 6.33 Å². The number of nitrogens with zero attached hydrogens (tertiary/aromatic N) is 3. The fourth-order valence-electron chi connectivity index (χ4n) is 1.91. The van der Waals surface area contributed by atoms with Crippen LogP contribution < -0.4 is 16.2 Å². The van der Waals surface area contributed by atoms with Crippen molar-refractivity contribution in [1.29, 1.82) is 0 Å². The number of nitrogens with one attached hydrogen (secondary N) is 3. The SMILES string of the molecule is Cc1ccc(CNc2ncnc(NNC(C)(C)C)c2[N+](=O)[O-])cc1. The van der Waals surface area contributed by atoms with Crippen molar-refractivity contribution in [3.8, 4) is 0 Å². The third kappa shape index (κ3) is 4.88. The minimum atomic E-state index is -0.496. The van der Waals surface area contributed by atoms with E-state index in [1.54, 1.807) is 0 Å². The van der Waals surface area contributed by atoms with Crippen molar-refractivity contribution in [1.82, 2.24) is 15.4 Å². The molecule has 0 amide bonds. The van der Waals surface area contributed by atoms with Gasteiger partial charge in [0.05, 0.1) is 4.92 Å². The third-order valence-corrected chi connectivity index (χ3v) is 3.14. The van der Waals surface area contributed by atoms with Crippen LogP contribution >= 0.6 is 0 Å². The standard InChI is InChI=1S/C16H22N6O2/c1-11-5-7-12(8-6-11)9-17-14-13(22(23)24)15(19-10-18-14)20-21-16(2,3)4/h5-8,10,21H,9H2,1-4H3,(H2,17,18,19,20). The van der Waals surface area contributed by atoms with Gasteiger partial charge in [-0.1, -0.05) is 29.8 Å². The van der Waals surface area contributed by atoms with Gasteiger partial charge in [-0.2, -0.15) is 0 Å². The Bertz CT molecular complexity index is 709. The number of aromatic nitrogens is 2. The largest absolute Gasteiger partial charge is 0.360 e. The van der Waals surface area contributed by atoms with Crippen LogP contribution in [0.4, 0.5) is 17.3 Å². The van der Waals surface area contributed by atoms with Crippen molar-refractivity contribution < 1.29 is 4.92 Å². The van der Waals surface area contributed by atoms with E-state index in [1.807, 2.05) is 52.0 Å². The first-order valence-corrected chi connectivity index (χ1v) is 7.58. The Kier molecular flexibility index (Phi) is 5.30. The van der Waals surface area contributed by atoms with E-state index < -0.39 is 4.92 Å². The number of hydrogen-bond acceptors (Lipinski definition) is 7. The summed E-state index contributed by atoms with van der Waals surface area (Å²) in [5.74, 6) is 0.296. The normalized spacial score (nSPS) is 11.2. The van der Waals surface area contributed by atoms with Gasteiger partial charge in [0.2, 0.25) is 11.6 Å². The Morgan fingerprint density at radius 1 is 1.12 bits per heavy atom. The van der Waals surface area contributed by atoms with Crippen molar-refractivity contribution in [2.24, 2.45) is 0 Å². The predicted octanol–water partition coefficient (Wildman–Crippen LogP) is 3.02. The fourth-order valence-corrected chi connectivity index (χ4v) is 1.91. The fraction of sp³-hybridized carbons (Fsp3) is 0.375. The van der Waals surface area contributed by atoms with Crippen molar-refractivity contribution >= 4 is 17.3 Å². The zero-order valence-electron chi connectivity index (χ0n) is 14.3. The van der Waals surface area contributed by atoms with Gasteiger partial charge < -0.3 is 5.32 Å². The lowest BCUT2D eigenvalue weighted by molar-refractivity contribution is -0.383. The molecule has 128 valence electrons. The first-order chi connectivity index (χ1) is 11.3. The minimum Gasteiger partial charge on any atom is -0.360 e. The van der Waals surface area contributed by atoms with Gasteiger partial charge in [0.15, 0.2) is 0 Å². The Morgan fingerprint density at radius 3 is 2.33 bits per heavy atom. The summed E-state index contributed by atoms with van der Waals surface area (Å²) in [4.78, 5) is 18.9. The molecular weight excluding hydrogens is 308 g/mol. The number of hydrazine groups is 1. The molecule has 1 aromatic carbocycles. The van der Waals surface area contributed by atoms with Crippen LogP contribution in [0.15, 0.2) is 30.6 Å². The molecule has 24 heavy (non-hydrogen) atoms. The number of anilines is 2. The molecule has 0 aliphatic carbocycles. The molecule has 0 radical (unpaired) electrons. The lowest BCUT2D eigenvalue weighted by atomic mass is 10.1. The highest BCUT2D eigenvalue weighted by Gasteiger charge is 2.23. The molecule has 3 N–H and O–H groups in total. The summed E-state index contributed by atoms with van der Waals surface area (Å²) in [6.07, 6.45) is 1.29. The quantitative estimate of drug-likeness (QED) is 0.552. The number of hydrogen-bond donors (Lipinski definition) is 3. The van der Waals surface area contributed by atoms with Gasteiger partial charge in [-0.3, -0.25) is 15.5 Å². The van der Waals surface area contributed by atoms with Gasteiger partial charge in [-0.05, 0) is 33.3 Å². The molecule has 0 saturated carbocycles. The summed E-state index contributed by atoms with van der Waals surface area (Å²) in [7, 11) is 0. The van der Waals surface area contributed by atoms with Gasteiger partial charge in [0.25, 0.3) is 0 Å². The summed E-state index contributed by atoms with van der Waals surface area (Å²) in [6, 6.07) is 7.92. The van der Waals surface area contributed by atoms with E-state index in [9.17, 15) is 10.1 Å². The first kappa shape index (κ1) is 17.6. The van der Waals surface area contributed by atoms with Gasteiger partial charge in [0, 0.05) is 12.1 Å². The second-order valence-electron chi connectivity index (χ2n) is 6.52. The van der Waals surface area contributed by atoms with Gasteiger partial charge >= 0.3 is 5.69 Å². The summed E-state index contributed by atoms with van der Waals surface area (Å²) >= 11 is 0. The van der Waals surface area contributed by atoms with E-state index in [4.69, 9.17) is 0 Å². The van der Waals surface area contributed by atoms with Crippen LogP contribution in [0, 0.1) is 17.0 Å². The average molecular weight is 330 g/mol. The number of nitro groups is 1. The van der Waals surface area contributed by atoms with Crippen LogP contribution in [-0.4, -0.2) is 20.4 Å². The van der Waals surface area contributed by atoms with Crippen LogP contribution in [0.3, 0.4) is 0 Å². The Morgan fingerprint density at radius 2 is 1.75 bits per heavy atom. The lowest BCUT2D eigenvalue weighted by Crippen LogP contribution is -2.40. The zero-order chi connectivity index (χ0) is 17.7. The molecule has 1 aromatic heterocycles. The molecule has 0 fully saturated rings. The zero-order valence-corrected chi connectivity index (χ0v) is 14.3. The summed E-state index contributed by atoms with van der Waals surface area (Å²) in [6.45, 7) is 8.24. The van der Waals surface area contributed by atoms with E-state index in [0.29, 0.717) is 6.54 Å². The maximum Gasteiger partial charge on any atom is 0.354 e. The van der Waals surface area contributed by atoms with Crippen molar-refractivity contribution in [3.05, 3.63) is 51.8 Å². The Balaban J connectivity index is 2.19. The van der Waals surface area contributed by atoms with E-state index in [-0.39, 0.29) is 22.9 Å².